The van der Waals surface area contributed by atoms with E-state index in [1.54, 1.807) is 19.1 Å². The molecular weight excluding hydrogens is 614 g/mol. The average Bonchev–Trinajstić information content (AvgIpc) is 2.97. The van der Waals surface area contributed by atoms with Crippen molar-refractivity contribution in [2.45, 2.75) is 41.1 Å². The molecule has 6 nitrogen and oxygen atoms in total. The molecule has 0 heterocycles. The van der Waals surface area contributed by atoms with Crippen LogP contribution in [0.5, 0.6) is 23.0 Å². The number of ether oxygens (including phenoxy) is 3. The van der Waals surface area contributed by atoms with E-state index in [9.17, 15) is 39.9 Å². The number of halogens is 6. The predicted octanol–water partition coefficient (Wildman–Crippen LogP) is 7.54. The average molecular weight is 641 g/mol. The Morgan fingerprint density at radius 2 is 1.14 bits per heavy atom. The first-order valence-electron chi connectivity index (χ1n) is 12.8. The van der Waals surface area contributed by atoms with Crippen LogP contribution in [-0.4, -0.2) is 40.1 Å². The number of methoxy groups -OCH3 is 2. The van der Waals surface area contributed by atoms with Gasteiger partial charge in [0.15, 0.2) is 11.5 Å². The Morgan fingerprint density at radius 3 is 1.61 bits per heavy atom. The molecule has 0 fully saturated rings. The van der Waals surface area contributed by atoms with Gasteiger partial charge >= 0.3 is 12.4 Å². The van der Waals surface area contributed by atoms with E-state index < -0.39 is 45.3 Å². The molecule has 0 saturated heterocycles. The van der Waals surface area contributed by atoms with Gasteiger partial charge in [0, 0.05) is 5.56 Å². The van der Waals surface area contributed by atoms with Crippen LogP contribution in [0.3, 0.4) is 0 Å². The van der Waals surface area contributed by atoms with Crippen molar-refractivity contribution in [3.8, 4) is 23.0 Å². The third kappa shape index (κ3) is 5.81. The Bertz CT molecular complexity index is 1720. The second-order valence-electron chi connectivity index (χ2n) is 9.69. The van der Waals surface area contributed by atoms with Gasteiger partial charge in [0.1, 0.15) is 11.5 Å². The molecule has 0 aliphatic carbocycles. The lowest BCUT2D eigenvalue weighted by atomic mass is 9.72. The lowest BCUT2D eigenvalue weighted by Crippen LogP contribution is -2.54. The minimum Gasteiger partial charge on any atom is -0.493 e. The van der Waals surface area contributed by atoms with Gasteiger partial charge in [-0.15, -0.1) is 0 Å². The van der Waals surface area contributed by atoms with Crippen LogP contribution in [0.4, 0.5) is 26.3 Å². The number of hydrogen-bond acceptors (Lipinski definition) is 6. The molecule has 4 rings (SSSR count). The Balaban J connectivity index is 1.77. The number of rotatable bonds is 9. The maximum absolute atomic E-state index is 14.7. The molecule has 0 amide bonds. The van der Waals surface area contributed by atoms with Gasteiger partial charge in [0.25, 0.3) is 0 Å². The van der Waals surface area contributed by atoms with Crippen molar-refractivity contribution < 1.29 is 54.1 Å². The SMILES string of the molecule is COc1ccc(C(c2ccc(Oc3ccc(S(=O)(=O)c4ccc(C)cc4)cc3)c(CO)c2)(C(F)(F)F)C(F)(F)F)cc1OC. The molecule has 0 bridgehead atoms. The quantitative estimate of drug-likeness (QED) is 0.191. The van der Waals surface area contributed by atoms with E-state index in [-0.39, 0.29) is 38.4 Å². The van der Waals surface area contributed by atoms with Gasteiger partial charge in [0.05, 0.1) is 30.6 Å². The zero-order valence-electron chi connectivity index (χ0n) is 23.5. The summed E-state index contributed by atoms with van der Waals surface area (Å²) in [4.78, 5) is -0.0105. The molecule has 0 saturated carbocycles. The third-order valence-corrected chi connectivity index (χ3v) is 8.81. The monoisotopic (exact) mass is 640 g/mol. The highest BCUT2D eigenvalue weighted by molar-refractivity contribution is 7.91. The second kappa shape index (κ2) is 12.0. The van der Waals surface area contributed by atoms with Crippen molar-refractivity contribution in [2.24, 2.45) is 0 Å². The number of hydrogen-bond donors (Lipinski definition) is 1. The van der Waals surface area contributed by atoms with E-state index in [4.69, 9.17) is 14.2 Å². The van der Waals surface area contributed by atoms with Crippen LogP contribution in [0.25, 0.3) is 0 Å². The molecule has 0 unspecified atom stereocenters. The summed E-state index contributed by atoms with van der Waals surface area (Å²) in [6.45, 7) is 0.832. The van der Waals surface area contributed by atoms with Crippen LogP contribution in [0.2, 0.25) is 0 Å². The van der Waals surface area contributed by atoms with E-state index >= 15 is 0 Å². The van der Waals surface area contributed by atoms with Crippen LogP contribution in [0, 0.1) is 6.92 Å². The summed E-state index contributed by atoms with van der Waals surface area (Å²) < 4.78 is 130. The zero-order chi connectivity index (χ0) is 32.5. The van der Waals surface area contributed by atoms with E-state index in [1.807, 2.05) is 0 Å². The van der Waals surface area contributed by atoms with E-state index in [0.717, 1.165) is 24.8 Å². The van der Waals surface area contributed by atoms with Crippen molar-refractivity contribution in [1.82, 2.24) is 0 Å². The molecule has 4 aromatic rings. The van der Waals surface area contributed by atoms with Crippen molar-refractivity contribution in [3.63, 3.8) is 0 Å². The first-order valence-corrected chi connectivity index (χ1v) is 14.3. The largest absolute Gasteiger partial charge is 0.493 e. The maximum atomic E-state index is 14.7. The highest BCUT2D eigenvalue weighted by Crippen LogP contribution is 2.57. The smallest absolute Gasteiger partial charge is 0.411 e. The molecule has 44 heavy (non-hydrogen) atoms. The highest BCUT2D eigenvalue weighted by atomic mass is 32.2. The van der Waals surface area contributed by atoms with Crippen LogP contribution in [0.15, 0.2) is 94.7 Å². The van der Waals surface area contributed by atoms with Crippen molar-refractivity contribution in [2.75, 3.05) is 14.2 Å². The summed E-state index contributed by atoms with van der Waals surface area (Å²) in [5.74, 6) is -0.644. The molecule has 0 radical (unpaired) electrons. The van der Waals surface area contributed by atoms with Gasteiger partial charge in [-0.3, -0.25) is 0 Å². The summed E-state index contributed by atoms with van der Waals surface area (Å²) >= 11 is 0. The summed E-state index contributed by atoms with van der Waals surface area (Å²) in [6, 6.07) is 15.5. The number of aliphatic hydroxyl groups is 1. The predicted molar refractivity (Wildman–Crippen MR) is 148 cm³/mol. The first-order chi connectivity index (χ1) is 20.6. The van der Waals surface area contributed by atoms with Gasteiger partial charge in [-0.1, -0.05) is 29.8 Å². The molecule has 0 aromatic heterocycles. The molecule has 0 aliphatic heterocycles. The van der Waals surface area contributed by atoms with Gasteiger partial charge in [-0.2, -0.15) is 26.3 Å². The normalized spacial score (nSPS) is 12.6. The highest BCUT2D eigenvalue weighted by Gasteiger charge is 2.72. The zero-order valence-corrected chi connectivity index (χ0v) is 24.3. The summed E-state index contributed by atoms with van der Waals surface area (Å²) in [5.41, 5.74) is -6.44. The minimum absolute atomic E-state index is 0.0214. The molecule has 13 heteroatoms. The van der Waals surface area contributed by atoms with Crippen molar-refractivity contribution >= 4 is 9.84 Å². The van der Waals surface area contributed by atoms with Gasteiger partial charge in [-0.25, -0.2) is 8.42 Å². The van der Waals surface area contributed by atoms with Crippen LogP contribution in [-0.2, 0) is 21.9 Å². The van der Waals surface area contributed by atoms with Crippen LogP contribution >= 0.6 is 0 Å². The Hall–Kier alpha value is -4.23. The maximum Gasteiger partial charge on any atom is 0.411 e. The molecule has 4 aromatic carbocycles. The third-order valence-electron chi connectivity index (χ3n) is 7.02. The Kier molecular flexibility index (Phi) is 8.94. The number of benzene rings is 4. The van der Waals surface area contributed by atoms with Gasteiger partial charge in [-0.05, 0) is 78.7 Å². The number of alkyl halides is 6. The van der Waals surface area contributed by atoms with E-state index in [1.165, 1.54) is 43.5 Å². The fraction of sp³-hybridized carbons (Fsp3) is 0.226. The molecule has 1 N–H and O–H groups in total. The molecule has 0 aliphatic rings. The molecule has 0 spiro atoms. The van der Waals surface area contributed by atoms with E-state index in [0.29, 0.717) is 24.3 Å². The number of aryl methyl sites for hydroxylation is 1. The Labute approximate surface area is 249 Å². The fourth-order valence-electron chi connectivity index (χ4n) is 4.75. The van der Waals surface area contributed by atoms with Crippen LogP contribution in [0.1, 0.15) is 22.3 Å². The van der Waals surface area contributed by atoms with E-state index in [2.05, 4.69) is 0 Å². The molecular formula is C31H26F6O6S. The minimum atomic E-state index is -5.89. The summed E-state index contributed by atoms with van der Waals surface area (Å²) in [5, 5.41) is 9.95. The van der Waals surface area contributed by atoms with Crippen molar-refractivity contribution in [1.29, 1.82) is 0 Å². The first kappa shape index (κ1) is 32.7. The summed E-state index contributed by atoms with van der Waals surface area (Å²) in [7, 11) is -1.61. The second-order valence-corrected chi connectivity index (χ2v) is 11.6. The molecule has 234 valence electrons. The lowest BCUT2D eigenvalue weighted by molar-refractivity contribution is -0.288. The standard InChI is InChI=1S/C31H26F6O6S/c1-19-4-10-24(11-5-19)44(39,40)25-12-8-23(9-13-25)43-26-14-6-21(16-20(26)18-38)29(30(32,33)34,31(35,36)37)22-7-15-27(41-2)28(17-22)42-3/h4-17,38H,18H2,1-3H3. The van der Waals surface area contributed by atoms with Gasteiger partial charge < -0.3 is 19.3 Å². The molecule has 0 atom stereocenters. The Morgan fingerprint density at radius 1 is 0.659 bits per heavy atom. The number of sulfone groups is 1. The summed E-state index contributed by atoms with van der Waals surface area (Å²) in [6.07, 6.45) is -11.8. The fourth-order valence-corrected chi connectivity index (χ4v) is 6.02. The van der Waals surface area contributed by atoms with Crippen LogP contribution < -0.4 is 14.2 Å². The number of aliphatic hydroxyl groups excluding tert-OH is 1. The lowest BCUT2D eigenvalue weighted by Gasteiger charge is -2.38. The topological polar surface area (TPSA) is 82.1 Å². The van der Waals surface area contributed by atoms with Crippen molar-refractivity contribution in [3.05, 3.63) is 107 Å². The van der Waals surface area contributed by atoms with Gasteiger partial charge in [0.2, 0.25) is 15.3 Å².